The van der Waals surface area contributed by atoms with Crippen molar-refractivity contribution >= 4 is 8.32 Å². The van der Waals surface area contributed by atoms with E-state index in [-0.39, 0.29) is 23.2 Å². The monoisotopic (exact) mass is 408 g/mol. The first-order valence-corrected chi connectivity index (χ1v) is 13.2. The molecule has 1 saturated carbocycles. The van der Waals surface area contributed by atoms with Crippen LogP contribution in [0.15, 0.2) is 30.3 Å². The van der Waals surface area contributed by atoms with Gasteiger partial charge in [-0.05, 0) is 37.5 Å². The second kappa shape index (κ2) is 7.82. The van der Waals surface area contributed by atoms with Crippen LogP contribution in [0.2, 0.25) is 18.1 Å². The number of ether oxygens (including phenoxy) is 3. The third kappa shape index (κ3) is 4.53. The summed E-state index contributed by atoms with van der Waals surface area (Å²) in [6.07, 6.45) is -1.56. The van der Waals surface area contributed by atoms with E-state index in [1.807, 2.05) is 44.2 Å². The minimum atomic E-state index is -2.07. The predicted molar refractivity (Wildman–Crippen MR) is 111 cm³/mol. The van der Waals surface area contributed by atoms with Gasteiger partial charge in [-0.3, -0.25) is 0 Å². The van der Waals surface area contributed by atoms with Crippen LogP contribution < -0.4 is 0 Å². The Morgan fingerprint density at radius 1 is 1.07 bits per heavy atom. The highest BCUT2D eigenvalue weighted by Gasteiger charge is 2.60. The van der Waals surface area contributed by atoms with Gasteiger partial charge in [-0.15, -0.1) is 0 Å². The van der Waals surface area contributed by atoms with E-state index in [1.54, 1.807) is 0 Å². The Morgan fingerprint density at radius 3 is 2.29 bits per heavy atom. The summed E-state index contributed by atoms with van der Waals surface area (Å²) in [6.45, 7) is 15.8. The molecule has 158 valence electrons. The third-order valence-corrected chi connectivity index (χ3v) is 10.8. The standard InChI is InChI=1S/C22H36O5Si/c1-21(2,3)28(6,7)27-19-17(23)16(18-20(19)26-22(4,5)25-18)14-24-13-15-11-9-8-10-12-15/h8-12,16-20,23H,13-14H2,1-7H3/t16-,17-,18-,19+,20-/m1/s1. The Kier molecular flexibility index (Phi) is 6.12. The lowest BCUT2D eigenvalue weighted by Crippen LogP contribution is -2.50. The lowest BCUT2D eigenvalue weighted by atomic mass is 10.0. The van der Waals surface area contributed by atoms with Crippen LogP contribution in [-0.4, -0.2) is 50.2 Å². The molecule has 1 N–H and O–H groups in total. The molecular formula is C22H36O5Si. The Morgan fingerprint density at radius 2 is 1.68 bits per heavy atom. The topological polar surface area (TPSA) is 57.2 Å². The van der Waals surface area contributed by atoms with Crippen molar-refractivity contribution in [2.45, 2.75) is 89.6 Å². The number of hydrogen-bond donors (Lipinski definition) is 1. The largest absolute Gasteiger partial charge is 0.409 e. The van der Waals surface area contributed by atoms with E-state index in [9.17, 15) is 5.11 Å². The second-order valence-electron chi connectivity index (χ2n) is 10.1. The molecule has 6 heteroatoms. The molecule has 1 aliphatic heterocycles. The van der Waals surface area contributed by atoms with E-state index in [0.717, 1.165) is 5.56 Å². The number of benzene rings is 1. The normalized spacial score (nSPS) is 32.5. The Balaban J connectivity index is 1.72. The van der Waals surface area contributed by atoms with Gasteiger partial charge in [-0.2, -0.15) is 0 Å². The summed E-state index contributed by atoms with van der Waals surface area (Å²) in [6, 6.07) is 10.1. The average molecular weight is 409 g/mol. The maximum absolute atomic E-state index is 11.1. The highest BCUT2D eigenvalue weighted by Crippen LogP contribution is 2.46. The molecule has 0 bridgehead atoms. The van der Waals surface area contributed by atoms with Crippen LogP contribution in [0.25, 0.3) is 0 Å². The van der Waals surface area contributed by atoms with Crippen molar-refractivity contribution in [3.63, 3.8) is 0 Å². The maximum atomic E-state index is 11.1. The van der Waals surface area contributed by atoms with Gasteiger partial charge in [0.1, 0.15) is 12.2 Å². The van der Waals surface area contributed by atoms with Crippen molar-refractivity contribution in [2.75, 3.05) is 6.61 Å². The fourth-order valence-corrected chi connectivity index (χ4v) is 5.08. The van der Waals surface area contributed by atoms with Crippen LogP contribution in [0.1, 0.15) is 40.2 Å². The van der Waals surface area contributed by atoms with Gasteiger partial charge in [0, 0.05) is 5.92 Å². The van der Waals surface area contributed by atoms with Gasteiger partial charge in [-0.1, -0.05) is 51.1 Å². The SMILES string of the molecule is CC1(C)O[C@@H]2[C@H](O1)[C@H](COCc1ccccc1)[C@@H](O)[C@@H]2O[Si](C)(C)C(C)(C)C. The zero-order chi connectivity index (χ0) is 20.7. The summed E-state index contributed by atoms with van der Waals surface area (Å²) in [5, 5.41) is 11.2. The molecule has 3 rings (SSSR count). The van der Waals surface area contributed by atoms with E-state index in [1.165, 1.54) is 0 Å². The molecule has 2 fully saturated rings. The third-order valence-electron chi connectivity index (χ3n) is 6.34. The van der Waals surface area contributed by atoms with Crippen LogP contribution in [0.4, 0.5) is 0 Å². The molecule has 1 saturated heterocycles. The Labute approximate surface area is 170 Å². The van der Waals surface area contributed by atoms with Crippen LogP contribution in [0.5, 0.6) is 0 Å². The lowest BCUT2D eigenvalue weighted by molar-refractivity contribution is -0.182. The molecule has 1 aromatic rings. The van der Waals surface area contributed by atoms with E-state index in [2.05, 4.69) is 33.9 Å². The van der Waals surface area contributed by atoms with Crippen molar-refractivity contribution in [3.8, 4) is 0 Å². The van der Waals surface area contributed by atoms with Gasteiger partial charge >= 0.3 is 0 Å². The van der Waals surface area contributed by atoms with Gasteiger partial charge in [0.15, 0.2) is 14.1 Å². The summed E-state index contributed by atoms with van der Waals surface area (Å²) in [4.78, 5) is 0. The highest BCUT2D eigenvalue weighted by atomic mass is 28.4. The van der Waals surface area contributed by atoms with E-state index >= 15 is 0 Å². The van der Waals surface area contributed by atoms with Crippen LogP contribution in [0.3, 0.4) is 0 Å². The molecule has 2 aliphatic rings. The van der Waals surface area contributed by atoms with Crippen molar-refractivity contribution in [3.05, 3.63) is 35.9 Å². The maximum Gasteiger partial charge on any atom is 0.192 e. The second-order valence-corrected chi connectivity index (χ2v) is 14.8. The van der Waals surface area contributed by atoms with E-state index in [0.29, 0.717) is 13.2 Å². The summed E-state index contributed by atoms with van der Waals surface area (Å²) >= 11 is 0. The minimum Gasteiger partial charge on any atom is -0.409 e. The first kappa shape index (κ1) is 21.9. The van der Waals surface area contributed by atoms with Crippen molar-refractivity contribution in [2.24, 2.45) is 5.92 Å². The van der Waals surface area contributed by atoms with Gasteiger partial charge in [0.05, 0.1) is 25.4 Å². The zero-order valence-corrected chi connectivity index (χ0v) is 19.3. The van der Waals surface area contributed by atoms with Crippen molar-refractivity contribution in [1.29, 1.82) is 0 Å². The van der Waals surface area contributed by atoms with E-state index in [4.69, 9.17) is 18.6 Å². The van der Waals surface area contributed by atoms with Crippen LogP contribution in [-0.2, 0) is 25.2 Å². The molecule has 5 nitrogen and oxygen atoms in total. The Hall–Kier alpha value is -0.763. The van der Waals surface area contributed by atoms with Gasteiger partial charge < -0.3 is 23.7 Å². The first-order valence-electron chi connectivity index (χ1n) is 10.2. The smallest absolute Gasteiger partial charge is 0.192 e. The van der Waals surface area contributed by atoms with Crippen molar-refractivity contribution < 1.29 is 23.7 Å². The molecule has 1 aliphatic carbocycles. The van der Waals surface area contributed by atoms with Crippen molar-refractivity contribution in [1.82, 2.24) is 0 Å². The zero-order valence-electron chi connectivity index (χ0n) is 18.3. The summed E-state index contributed by atoms with van der Waals surface area (Å²) in [5.41, 5.74) is 1.12. The number of rotatable bonds is 6. The summed E-state index contributed by atoms with van der Waals surface area (Å²) in [7, 11) is -2.07. The summed E-state index contributed by atoms with van der Waals surface area (Å²) in [5.74, 6) is -0.854. The number of aliphatic hydroxyl groups is 1. The molecule has 0 amide bonds. The lowest BCUT2D eigenvalue weighted by Gasteiger charge is -2.40. The quantitative estimate of drug-likeness (QED) is 0.718. The van der Waals surface area contributed by atoms with E-state index < -0.39 is 26.3 Å². The molecule has 0 unspecified atom stereocenters. The van der Waals surface area contributed by atoms with Gasteiger partial charge in [0.25, 0.3) is 0 Å². The fraction of sp³-hybridized carbons (Fsp3) is 0.727. The average Bonchev–Trinajstić information content (AvgIpc) is 3.01. The van der Waals surface area contributed by atoms with Gasteiger partial charge in [0.2, 0.25) is 0 Å². The highest BCUT2D eigenvalue weighted by molar-refractivity contribution is 6.74. The molecule has 28 heavy (non-hydrogen) atoms. The first-order chi connectivity index (χ1) is 12.9. The van der Waals surface area contributed by atoms with Crippen LogP contribution >= 0.6 is 0 Å². The molecule has 0 spiro atoms. The molecule has 1 heterocycles. The fourth-order valence-electron chi connectivity index (χ4n) is 3.77. The van der Waals surface area contributed by atoms with Crippen LogP contribution in [0, 0.1) is 5.92 Å². The summed E-state index contributed by atoms with van der Waals surface area (Å²) < 4.78 is 24.9. The molecule has 5 atom stereocenters. The Bertz CT molecular complexity index is 655. The predicted octanol–water partition coefficient (Wildman–Crippen LogP) is 4.10. The number of fused-ring (bicyclic) bond motifs is 1. The molecular weight excluding hydrogens is 372 g/mol. The minimum absolute atomic E-state index is 0.0547. The molecule has 0 radical (unpaired) electrons. The number of aliphatic hydroxyl groups excluding tert-OH is 1. The van der Waals surface area contributed by atoms with Gasteiger partial charge in [-0.25, -0.2) is 0 Å². The number of hydrogen-bond acceptors (Lipinski definition) is 5. The molecule has 0 aromatic heterocycles. The molecule has 1 aromatic carbocycles.